The molecule has 1 aliphatic rings. The Morgan fingerprint density at radius 1 is 0.903 bits per heavy atom. The minimum atomic E-state index is -2.80. The van der Waals surface area contributed by atoms with Crippen molar-refractivity contribution in [3.63, 3.8) is 0 Å². The van der Waals surface area contributed by atoms with Crippen LogP contribution in [0.1, 0.15) is 68.9 Å². The van der Waals surface area contributed by atoms with Gasteiger partial charge in [-0.2, -0.15) is 0 Å². The fourth-order valence-corrected chi connectivity index (χ4v) is 4.43. The van der Waals surface area contributed by atoms with E-state index in [1.54, 1.807) is 6.07 Å². The molecule has 0 atom stereocenters. The molecule has 1 aliphatic carbocycles. The summed E-state index contributed by atoms with van der Waals surface area (Å²) in [5.41, 5.74) is 2.15. The van der Waals surface area contributed by atoms with Gasteiger partial charge >= 0.3 is 0 Å². The van der Waals surface area contributed by atoms with Gasteiger partial charge in [0.15, 0.2) is 0 Å². The summed E-state index contributed by atoms with van der Waals surface area (Å²) in [7, 11) is 0. The number of rotatable bonds is 10. The van der Waals surface area contributed by atoms with Gasteiger partial charge in [-0.3, -0.25) is 4.39 Å². The van der Waals surface area contributed by atoms with Crippen LogP contribution in [0.2, 0.25) is 0 Å². The molecule has 4 heteroatoms. The van der Waals surface area contributed by atoms with E-state index in [1.807, 2.05) is 12.1 Å². The predicted molar refractivity (Wildman–Crippen MR) is 120 cm³/mol. The van der Waals surface area contributed by atoms with Crippen LogP contribution in [-0.4, -0.2) is 6.67 Å². The van der Waals surface area contributed by atoms with Crippen LogP contribution in [0, 0.1) is 17.7 Å². The average molecular weight is 433 g/mol. The average Bonchev–Trinajstić information content (AvgIpc) is 2.78. The van der Waals surface area contributed by atoms with Crippen LogP contribution >= 0.6 is 0 Å². The van der Waals surface area contributed by atoms with Gasteiger partial charge in [0.1, 0.15) is 5.82 Å². The van der Waals surface area contributed by atoms with Gasteiger partial charge in [0.2, 0.25) is 0 Å². The van der Waals surface area contributed by atoms with E-state index in [-0.39, 0.29) is 6.67 Å². The number of halogens is 4. The third-order valence-corrected chi connectivity index (χ3v) is 6.42. The van der Waals surface area contributed by atoms with Crippen LogP contribution in [0.4, 0.5) is 17.6 Å². The Morgan fingerprint density at radius 2 is 1.61 bits per heavy atom. The fourth-order valence-electron chi connectivity index (χ4n) is 4.43. The highest BCUT2D eigenvalue weighted by molar-refractivity contribution is 5.64. The molecule has 0 heterocycles. The molecule has 0 bridgehead atoms. The largest absolute Gasteiger partial charge is 0.266 e. The molecular weight excluding hydrogens is 400 g/mol. The molecule has 2 aromatic rings. The zero-order valence-electron chi connectivity index (χ0n) is 18.0. The third kappa shape index (κ3) is 7.22. The lowest BCUT2D eigenvalue weighted by atomic mass is 9.79. The molecule has 0 N–H and O–H groups in total. The molecular formula is C27H32F4. The van der Waals surface area contributed by atoms with Gasteiger partial charge in [-0.25, -0.2) is 13.2 Å². The van der Waals surface area contributed by atoms with Crippen LogP contribution in [-0.2, 0) is 6.42 Å². The number of aryl methyl sites for hydroxylation is 1. The lowest BCUT2D eigenvalue weighted by molar-refractivity contribution is 0.146. The van der Waals surface area contributed by atoms with Gasteiger partial charge < -0.3 is 0 Å². The van der Waals surface area contributed by atoms with Crippen molar-refractivity contribution in [2.24, 2.45) is 11.8 Å². The maximum Gasteiger partial charge on any atom is 0.266 e. The lowest BCUT2D eigenvalue weighted by Crippen LogP contribution is -2.13. The van der Waals surface area contributed by atoms with Gasteiger partial charge in [-0.05, 0) is 98.4 Å². The fraction of sp³-hybridized carbons (Fsp3) is 0.481. The highest BCUT2D eigenvalue weighted by Gasteiger charge is 2.19. The minimum Gasteiger partial charge on any atom is -0.251 e. The van der Waals surface area contributed by atoms with Crippen LogP contribution in [0.25, 0.3) is 11.1 Å². The van der Waals surface area contributed by atoms with E-state index < -0.39 is 17.8 Å². The van der Waals surface area contributed by atoms with E-state index in [0.29, 0.717) is 17.9 Å². The summed E-state index contributed by atoms with van der Waals surface area (Å²) in [5.74, 6) is 0.575. The summed E-state index contributed by atoms with van der Waals surface area (Å²) in [6.07, 6.45) is 11.6. The number of benzene rings is 2. The van der Waals surface area contributed by atoms with Crippen molar-refractivity contribution in [3.05, 3.63) is 71.6 Å². The second kappa shape index (κ2) is 12.1. The van der Waals surface area contributed by atoms with E-state index in [2.05, 4.69) is 24.3 Å². The maximum atomic E-state index is 13.8. The number of hydrogen-bond donors (Lipinski definition) is 0. The Labute approximate surface area is 183 Å². The smallest absolute Gasteiger partial charge is 0.251 e. The molecule has 2 aromatic carbocycles. The first-order valence-corrected chi connectivity index (χ1v) is 11.5. The van der Waals surface area contributed by atoms with Crippen molar-refractivity contribution in [1.29, 1.82) is 0 Å². The summed E-state index contributed by atoms with van der Waals surface area (Å²) in [6.45, 7) is -0.214. The van der Waals surface area contributed by atoms with Crippen LogP contribution < -0.4 is 0 Å². The molecule has 0 unspecified atom stereocenters. The molecule has 3 rings (SSSR count). The van der Waals surface area contributed by atoms with E-state index in [0.717, 1.165) is 30.7 Å². The summed E-state index contributed by atoms with van der Waals surface area (Å²) in [6, 6.07) is 11.9. The zero-order chi connectivity index (χ0) is 22.1. The van der Waals surface area contributed by atoms with Crippen molar-refractivity contribution in [2.45, 2.75) is 64.2 Å². The Morgan fingerprint density at radius 3 is 2.26 bits per heavy atom. The summed E-state index contributed by atoms with van der Waals surface area (Å²) in [4.78, 5) is 0. The molecule has 0 saturated heterocycles. The second-order valence-electron chi connectivity index (χ2n) is 8.67. The van der Waals surface area contributed by atoms with Crippen molar-refractivity contribution in [1.82, 2.24) is 0 Å². The van der Waals surface area contributed by atoms with Gasteiger partial charge in [0.25, 0.3) is 6.43 Å². The van der Waals surface area contributed by atoms with Gasteiger partial charge in [0.05, 0.1) is 12.2 Å². The zero-order valence-corrected chi connectivity index (χ0v) is 18.0. The van der Waals surface area contributed by atoms with E-state index in [1.165, 1.54) is 49.8 Å². The first-order chi connectivity index (χ1) is 15.1. The second-order valence-corrected chi connectivity index (χ2v) is 8.67. The van der Waals surface area contributed by atoms with Crippen LogP contribution in [0.3, 0.4) is 0 Å². The topological polar surface area (TPSA) is 0 Å². The van der Waals surface area contributed by atoms with Crippen molar-refractivity contribution in [2.75, 3.05) is 6.67 Å². The van der Waals surface area contributed by atoms with Crippen molar-refractivity contribution < 1.29 is 17.6 Å². The van der Waals surface area contributed by atoms with Gasteiger partial charge in [0, 0.05) is 0 Å². The van der Waals surface area contributed by atoms with E-state index >= 15 is 0 Å². The number of allylic oxidation sites excluding steroid dienone is 2. The van der Waals surface area contributed by atoms with Crippen molar-refractivity contribution in [3.8, 4) is 11.1 Å². The quantitative estimate of drug-likeness (QED) is 0.200. The molecule has 0 radical (unpaired) electrons. The Balaban J connectivity index is 1.43. The third-order valence-electron chi connectivity index (χ3n) is 6.42. The first kappa shape index (κ1) is 23.6. The molecule has 0 aromatic heterocycles. The summed E-state index contributed by atoms with van der Waals surface area (Å²) >= 11 is 0. The Hall–Kier alpha value is -2.10. The highest BCUT2D eigenvalue weighted by atomic mass is 19.3. The number of unbranched alkanes of at least 4 members (excludes halogenated alkanes) is 2. The minimum absolute atomic E-state index is 0.214. The molecule has 0 amide bonds. The first-order valence-electron chi connectivity index (χ1n) is 11.5. The molecule has 31 heavy (non-hydrogen) atoms. The molecule has 168 valence electrons. The predicted octanol–water partition coefficient (Wildman–Crippen LogP) is 8.87. The summed E-state index contributed by atoms with van der Waals surface area (Å²) < 4.78 is 51.4. The van der Waals surface area contributed by atoms with E-state index in [9.17, 15) is 17.6 Å². The van der Waals surface area contributed by atoms with E-state index in [4.69, 9.17) is 0 Å². The Kier molecular flexibility index (Phi) is 9.17. The van der Waals surface area contributed by atoms with Gasteiger partial charge in [-0.15, -0.1) is 0 Å². The SMILES string of the molecule is FCCCCC=C[C@H]1CC[C@H](CCc2ccc(-c3ccc(C(F)F)c(F)c3)cc2)CC1. The normalized spacial score (nSPS) is 19.4. The van der Waals surface area contributed by atoms with Crippen LogP contribution in [0.5, 0.6) is 0 Å². The maximum absolute atomic E-state index is 13.8. The standard InChI is InChI=1S/C27H32F4/c28-18-4-2-1-3-5-20-6-8-21(9-7-20)10-11-22-12-14-23(15-13-22)24-16-17-25(27(30)31)26(29)19-24/h3,5,12-17,19-21,27H,1-2,4,6-11,18H2/t20-,21-. The summed E-state index contributed by atoms with van der Waals surface area (Å²) in [5, 5.41) is 0. The molecule has 1 fully saturated rings. The highest BCUT2D eigenvalue weighted by Crippen LogP contribution is 2.33. The van der Waals surface area contributed by atoms with Crippen molar-refractivity contribution >= 4 is 0 Å². The molecule has 1 saturated carbocycles. The molecule has 0 spiro atoms. The van der Waals surface area contributed by atoms with Crippen LogP contribution in [0.15, 0.2) is 54.6 Å². The molecule has 0 nitrogen and oxygen atoms in total. The number of alkyl halides is 3. The van der Waals surface area contributed by atoms with Gasteiger partial charge in [-0.1, -0.05) is 42.5 Å². The molecule has 0 aliphatic heterocycles. The monoisotopic (exact) mass is 432 g/mol. The number of hydrogen-bond acceptors (Lipinski definition) is 0. The Bertz CT molecular complexity index is 818. The lowest BCUT2D eigenvalue weighted by Gasteiger charge is -2.26.